The third-order valence-corrected chi connectivity index (χ3v) is 4.18. The Morgan fingerprint density at radius 3 is 2.27 bits per heavy atom. The number of ether oxygens (including phenoxy) is 2. The highest BCUT2D eigenvalue weighted by Crippen LogP contribution is 2.38. The molecule has 0 aliphatic rings. The standard InChI is InChI=1S/C22H22F3N3O2/c1-15(2)30-18-11-9-17(10-12-18)28(3)20-19(22(23,24)25)13-26-21(27-20)29-14-16-7-5-4-6-8-16/h4-13,15H,14H2,1-3H3. The molecular weight excluding hydrogens is 395 g/mol. The number of anilines is 2. The Bertz CT molecular complexity index is 962. The van der Waals surface area contributed by atoms with Gasteiger partial charge < -0.3 is 14.4 Å². The fraction of sp³-hybridized carbons (Fsp3) is 0.273. The van der Waals surface area contributed by atoms with Gasteiger partial charge in [-0.15, -0.1) is 0 Å². The normalized spacial score (nSPS) is 11.4. The third kappa shape index (κ3) is 5.40. The van der Waals surface area contributed by atoms with Gasteiger partial charge in [0.2, 0.25) is 0 Å². The Morgan fingerprint density at radius 2 is 1.67 bits per heavy atom. The van der Waals surface area contributed by atoms with E-state index in [1.54, 1.807) is 24.3 Å². The van der Waals surface area contributed by atoms with Crippen LogP contribution in [-0.4, -0.2) is 23.1 Å². The van der Waals surface area contributed by atoms with Crippen LogP contribution in [0, 0.1) is 0 Å². The number of aromatic nitrogens is 2. The molecule has 2 aromatic carbocycles. The number of benzene rings is 2. The second-order valence-electron chi connectivity index (χ2n) is 6.88. The summed E-state index contributed by atoms with van der Waals surface area (Å²) in [6, 6.07) is 15.9. The predicted octanol–water partition coefficient (Wildman–Crippen LogP) is 5.63. The van der Waals surface area contributed by atoms with Gasteiger partial charge in [0.1, 0.15) is 17.9 Å². The minimum Gasteiger partial charge on any atom is -0.491 e. The first kappa shape index (κ1) is 21.4. The van der Waals surface area contributed by atoms with E-state index in [1.165, 1.54) is 11.9 Å². The summed E-state index contributed by atoms with van der Waals surface area (Å²) < 4.78 is 51.7. The minimum atomic E-state index is -4.61. The van der Waals surface area contributed by atoms with E-state index in [0.717, 1.165) is 11.8 Å². The molecule has 0 saturated heterocycles. The minimum absolute atomic E-state index is 0.00315. The summed E-state index contributed by atoms with van der Waals surface area (Å²) in [5, 5.41) is 0. The number of nitrogens with zero attached hydrogens (tertiary/aromatic N) is 3. The van der Waals surface area contributed by atoms with Crippen molar-refractivity contribution < 1.29 is 22.6 Å². The molecule has 0 bridgehead atoms. The van der Waals surface area contributed by atoms with E-state index >= 15 is 0 Å². The van der Waals surface area contributed by atoms with Crippen molar-refractivity contribution in [3.05, 3.63) is 71.9 Å². The predicted molar refractivity (Wildman–Crippen MR) is 108 cm³/mol. The molecular formula is C22H22F3N3O2. The van der Waals surface area contributed by atoms with E-state index in [9.17, 15) is 13.2 Å². The van der Waals surface area contributed by atoms with Crippen molar-refractivity contribution in [2.75, 3.05) is 11.9 Å². The van der Waals surface area contributed by atoms with Gasteiger partial charge in [-0.3, -0.25) is 0 Å². The number of rotatable bonds is 7. The molecule has 0 N–H and O–H groups in total. The first-order valence-corrected chi connectivity index (χ1v) is 9.35. The molecule has 30 heavy (non-hydrogen) atoms. The number of halogens is 3. The van der Waals surface area contributed by atoms with Crippen LogP contribution >= 0.6 is 0 Å². The van der Waals surface area contributed by atoms with Crippen molar-refractivity contribution in [2.45, 2.75) is 32.7 Å². The summed E-state index contributed by atoms with van der Waals surface area (Å²) in [5.74, 6) is 0.339. The average Bonchev–Trinajstić information content (AvgIpc) is 2.72. The van der Waals surface area contributed by atoms with Gasteiger partial charge in [0.15, 0.2) is 5.82 Å². The Balaban J connectivity index is 1.88. The fourth-order valence-electron chi connectivity index (χ4n) is 2.75. The van der Waals surface area contributed by atoms with Gasteiger partial charge in [-0.1, -0.05) is 30.3 Å². The van der Waals surface area contributed by atoms with E-state index in [4.69, 9.17) is 9.47 Å². The van der Waals surface area contributed by atoms with Gasteiger partial charge in [-0.05, 0) is 43.7 Å². The van der Waals surface area contributed by atoms with Crippen LogP contribution in [0.5, 0.6) is 11.8 Å². The number of alkyl halides is 3. The lowest BCUT2D eigenvalue weighted by Gasteiger charge is -2.23. The third-order valence-electron chi connectivity index (χ3n) is 4.18. The van der Waals surface area contributed by atoms with E-state index in [1.807, 2.05) is 44.2 Å². The summed E-state index contributed by atoms with van der Waals surface area (Å²) in [6.07, 6.45) is -3.87. The summed E-state index contributed by atoms with van der Waals surface area (Å²) >= 11 is 0. The van der Waals surface area contributed by atoms with Crippen LogP contribution in [0.4, 0.5) is 24.7 Å². The first-order chi connectivity index (χ1) is 14.2. The summed E-state index contributed by atoms with van der Waals surface area (Å²) in [5.41, 5.74) is 0.431. The largest absolute Gasteiger partial charge is 0.491 e. The van der Waals surface area contributed by atoms with Gasteiger partial charge in [0.25, 0.3) is 0 Å². The molecule has 0 radical (unpaired) electrons. The highest BCUT2D eigenvalue weighted by atomic mass is 19.4. The van der Waals surface area contributed by atoms with Crippen molar-refractivity contribution in [1.82, 2.24) is 9.97 Å². The molecule has 0 unspecified atom stereocenters. The second kappa shape index (κ2) is 9.02. The Hall–Kier alpha value is -3.29. The van der Waals surface area contributed by atoms with E-state index < -0.39 is 11.7 Å². The second-order valence-corrected chi connectivity index (χ2v) is 6.88. The van der Waals surface area contributed by atoms with Crippen molar-refractivity contribution in [2.24, 2.45) is 0 Å². The van der Waals surface area contributed by atoms with Gasteiger partial charge >= 0.3 is 12.2 Å². The van der Waals surface area contributed by atoms with E-state index in [-0.39, 0.29) is 24.5 Å². The molecule has 0 aliphatic carbocycles. The fourth-order valence-corrected chi connectivity index (χ4v) is 2.75. The summed E-state index contributed by atoms with van der Waals surface area (Å²) in [6.45, 7) is 3.94. The number of hydrogen-bond acceptors (Lipinski definition) is 5. The van der Waals surface area contributed by atoms with Crippen molar-refractivity contribution in [3.8, 4) is 11.8 Å². The van der Waals surface area contributed by atoms with Crippen molar-refractivity contribution >= 4 is 11.5 Å². The maximum absolute atomic E-state index is 13.5. The first-order valence-electron chi connectivity index (χ1n) is 9.35. The Labute approximate surface area is 173 Å². The van der Waals surface area contributed by atoms with Crippen LogP contribution in [-0.2, 0) is 12.8 Å². The number of hydrogen-bond donors (Lipinski definition) is 0. The summed E-state index contributed by atoms with van der Waals surface area (Å²) in [4.78, 5) is 9.13. The van der Waals surface area contributed by atoms with Gasteiger partial charge in [0, 0.05) is 18.9 Å². The van der Waals surface area contributed by atoms with Crippen molar-refractivity contribution in [3.63, 3.8) is 0 Å². The van der Waals surface area contributed by atoms with Crippen LogP contribution in [0.2, 0.25) is 0 Å². The zero-order valence-electron chi connectivity index (χ0n) is 16.8. The molecule has 0 amide bonds. The Morgan fingerprint density at radius 1 is 1.00 bits per heavy atom. The molecule has 1 aromatic heterocycles. The zero-order chi connectivity index (χ0) is 21.7. The molecule has 158 valence electrons. The van der Waals surface area contributed by atoms with Crippen LogP contribution in [0.1, 0.15) is 25.0 Å². The van der Waals surface area contributed by atoms with Crippen LogP contribution in [0.25, 0.3) is 0 Å². The molecule has 5 nitrogen and oxygen atoms in total. The molecule has 0 aliphatic heterocycles. The van der Waals surface area contributed by atoms with E-state index in [0.29, 0.717) is 11.4 Å². The lowest BCUT2D eigenvalue weighted by Crippen LogP contribution is -2.19. The van der Waals surface area contributed by atoms with E-state index in [2.05, 4.69) is 9.97 Å². The van der Waals surface area contributed by atoms with Gasteiger partial charge in [-0.25, -0.2) is 4.98 Å². The van der Waals surface area contributed by atoms with Gasteiger partial charge in [-0.2, -0.15) is 18.2 Å². The summed E-state index contributed by atoms with van der Waals surface area (Å²) in [7, 11) is 1.51. The Kier molecular flexibility index (Phi) is 6.44. The molecule has 0 saturated carbocycles. The molecule has 0 fully saturated rings. The van der Waals surface area contributed by atoms with Crippen molar-refractivity contribution in [1.29, 1.82) is 0 Å². The van der Waals surface area contributed by atoms with Crippen LogP contribution in [0.15, 0.2) is 60.8 Å². The maximum Gasteiger partial charge on any atom is 0.421 e. The van der Waals surface area contributed by atoms with Crippen LogP contribution in [0.3, 0.4) is 0 Å². The molecule has 1 heterocycles. The average molecular weight is 417 g/mol. The highest BCUT2D eigenvalue weighted by molar-refractivity contribution is 5.63. The monoisotopic (exact) mass is 417 g/mol. The molecule has 0 spiro atoms. The molecule has 0 atom stereocenters. The molecule has 8 heteroatoms. The lowest BCUT2D eigenvalue weighted by molar-refractivity contribution is -0.137. The quantitative estimate of drug-likeness (QED) is 0.499. The smallest absolute Gasteiger partial charge is 0.421 e. The topological polar surface area (TPSA) is 47.5 Å². The zero-order valence-corrected chi connectivity index (χ0v) is 16.8. The molecule has 3 rings (SSSR count). The highest BCUT2D eigenvalue weighted by Gasteiger charge is 2.36. The lowest BCUT2D eigenvalue weighted by atomic mass is 10.2. The van der Waals surface area contributed by atoms with Crippen LogP contribution < -0.4 is 14.4 Å². The maximum atomic E-state index is 13.5. The molecule has 3 aromatic rings. The SMILES string of the molecule is CC(C)Oc1ccc(N(C)c2nc(OCc3ccccc3)ncc2C(F)(F)F)cc1. The van der Waals surface area contributed by atoms with Gasteiger partial charge in [0.05, 0.1) is 6.10 Å².